The third-order valence-corrected chi connectivity index (χ3v) is 4.17. The highest BCUT2D eigenvalue weighted by Crippen LogP contribution is 2.18. The maximum absolute atomic E-state index is 12.0. The number of nitrogens with one attached hydrogen (secondary N) is 1. The molecule has 0 spiro atoms. The van der Waals surface area contributed by atoms with E-state index in [1.807, 2.05) is 18.2 Å². The zero-order valence-electron chi connectivity index (χ0n) is 13.3. The van der Waals surface area contributed by atoms with Gasteiger partial charge in [0.05, 0.1) is 7.11 Å². The van der Waals surface area contributed by atoms with E-state index in [-0.39, 0.29) is 5.91 Å². The molecule has 0 saturated heterocycles. The van der Waals surface area contributed by atoms with Crippen LogP contribution in [0.15, 0.2) is 59.5 Å². The van der Waals surface area contributed by atoms with E-state index in [4.69, 9.17) is 9.47 Å². The number of ether oxygens (including phenoxy) is 2. The standard InChI is InChI=1S/C18H21NO3S/c1-14(22-16-10-8-15(21-2)9-11-16)18(20)19-12-13-23-17-6-4-3-5-7-17/h3-11,14H,12-13H2,1-2H3,(H,19,20)/t14-/m0/s1. The van der Waals surface area contributed by atoms with E-state index in [9.17, 15) is 4.79 Å². The number of benzene rings is 2. The molecule has 0 bridgehead atoms. The molecule has 5 heteroatoms. The lowest BCUT2D eigenvalue weighted by molar-refractivity contribution is -0.127. The molecular formula is C18H21NO3S. The van der Waals surface area contributed by atoms with E-state index in [1.54, 1.807) is 50.1 Å². The maximum Gasteiger partial charge on any atom is 0.260 e. The predicted molar refractivity (Wildman–Crippen MR) is 93.3 cm³/mol. The van der Waals surface area contributed by atoms with Crippen LogP contribution in [0.5, 0.6) is 11.5 Å². The molecule has 0 aliphatic heterocycles. The van der Waals surface area contributed by atoms with E-state index >= 15 is 0 Å². The van der Waals surface area contributed by atoms with Crippen LogP contribution in [0.1, 0.15) is 6.92 Å². The van der Waals surface area contributed by atoms with Gasteiger partial charge in [0, 0.05) is 17.2 Å². The Labute approximate surface area is 141 Å². The maximum atomic E-state index is 12.0. The van der Waals surface area contributed by atoms with E-state index in [0.29, 0.717) is 12.3 Å². The summed E-state index contributed by atoms with van der Waals surface area (Å²) in [6, 6.07) is 17.3. The van der Waals surface area contributed by atoms with Crippen molar-refractivity contribution in [3.8, 4) is 11.5 Å². The molecule has 2 rings (SSSR count). The van der Waals surface area contributed by atoms with Crippen LogP contribution in [-0.4, -0.2) is 31.4 Å². The summed E-state index contributed by atoms with van der Waals surface area (Å²) < 4.78 is 10.7. The van der Waals surface area contributed by atoms with Crippen LogP contribution in [0, 0.1) is 0 Å². The van der Waals surface area contributed by atoms with Crippen molar-refractivity contribution >= 4 is 17.7 Å². The number of rotatable bonds is 8. The second-order valence-corrected chi connectivity index (χ2v) is 6.06. The van der Waals surface area contributed by atoms with Gasteiger partial charge < -0.3 is 14.8 Å². The minimum Gasteiger partial charge on any atom is -0.497 e. The minimum atomic E-state index is -0.537. The van der Waals surface area contributed by atoms with Crippen LogP contribution in [0.4, 0.5) is 0 Å². The first-order valence-electron chi connectivity index (χ1n) is 7.45. The Bertz CT molecular complexity index is 601. The van der Waals surface area contributed by atoms with Crippen LogP contribution >= 0.6 is 11.8 Å². The normalized spacial score (nSPS) is 11.6. The van der Waals surface area contributed by atoms with E-state index in [2.05, 4.69) is 17.4 Å². The molecule has 2 aromatic rings. The van der Waals surface area contributed by atoms with Crippen LogP contribution in [0.2, 0.25) is 0 Å². The molecule has 1 N–H and O–H groups in total. The molecule has 122 valence electrons. The molecule has 0 aliphatic rings. The summed E-state index contributed by atoms with van der Waals surface area (Å²) in [5.74, 6) is 2.11. The molecule has 0 aromatic heterocycles. The number of carbonyl (C=O) groups excluding carboxylic acids is 1. The van der Waals surface area contributed by atoms with Crippen LogP contribution in [0.25, 0.3) is 0 Å². The number of thioether (sulfide) groups is 1. The molecular weight excluding hydrogens is 310 g/mol. The summed E-state index contributed by atoms with van der Waals surface area (Å²) in [5.41, 5.74) is 0. The third-order valence-electron chi connectivity index (χ3n) is 3.15. The second-order valence-electron chi connectivity index (χ2n) is 4.89. The van der Waals surface area contributed by atoms with Gasteiger partial charge >= 0.3 is 0 Å². The lowest BCUT2D eigenvalue weighted by Crippen LogP contribution is -2.37. The average Bonchev–Trinajstić information content (AvgIpc) is 2.60. The molecule has 0 fully saturated rings. The highest BCUT2D eigenvalue weighted by atomic mass is 32.2. The number of hydrogen-bond acceptors (Lipinski definition) is 4. The Hall–Kier alpha value is -2.14. The summed E-state index contributed by atoms with van der Waals surface area (Å²) >= 11 is 1.71. The van der Waals surface area contributed by atoms with E-state index in [1.165, 1.54) is 4.90 Å². The molecule has 0 aliphatic carbocycles. The summed E-state index contributed by atoms with van der Waals surface area (Å²) in [7, 11) is 1.61. The van der Waals surface area contributed by atoms with Crippen LogP contribution in [-0.2, 0) is 4.79 Å². The molecule has 23 heavy (non-hydrogen) atoms. The van der Waals surface area contributed by atoms with Crippen molar-refractivity contribution in [2.75, 3.05) is 19.4 Å². The van der Waals surface area contributed by atoms with Gasteiger partial charge in [0.15, 0.2) is 6.10 Å². The van der Waals surface area contributed by atoms with Crippen molar-refractivity contribution in [1.29, 1.82) is 0 Å². The van der Waals surface area contributed by atoms with E-state index < -0.39 is 6.10 Å². The molecule has 0 unspecified atom stereocenters. The zero-order chi connectivity index (χ0) is 16.5. The predicted octanol–water partition coefficient (Wildman–Crippen LogP) is 3.37. The summed E-state index contributed by atoms with van der Waals surface area (Å²) in [5, 5.41) is 2.89. The Balaban J connectivity index is 1.69. The summed E-state index contributed by atoms with van der Waals surface area (Å²) in [4.78, 5) is 13.2. The van der Waals surface area contributed by atoms with Gasteiger partial charge in [0.2, 0.25) is 0 Å². The summed E-state index contributed by atoms with van der Waals surface area (Å²) in [6.45, 7) is 2.35. The van der Waals surface area contributed by atoms with E-state index in [0.717, 1.165) is 11.5 Å². The van der Waals surface area contributed by atoms with Gasteiger partial charge in [0.25, 0.3) is 5.91 Å². The Morgan fingerprint density at radius 3 is 2.39 bits per heavy atom. The first-order chi connectivity index (χ1) is 11.2. The SMILES string of the molecule is COc1ccc(O[C@@H](C)C(=O)NCCSc2ccccc2)cc1. The Morgan fingerprint density at radius 2 is 1.74 bits per heavy atom. The van der Waals surface area contributed by atoms with Gasteiger partial charge in [-0.25, -0.2) is 0 Å². The van der Waals surface area contributed by atoms with Gasteiger partial charge in [0.1, 0.15) is 11.5 Å². The van der Waals surface area contributed by atoms with Crippen molar-refractivity contribution in [3.63, 3.8) is 0 Å². The van der Waals surface area contributed by atoms with Crippen LogP contribution < -0.4 is 14.8 Å². The lowest BCUT2D eigenvalue weighted by atomic mass is 10.3. The highest BCUT2D eigenvalue weighted by Gasteiger charge is 2.13. The number of carbonyl (C=O) groups is 1. The fraction of sp³-hybridized carbons (Fsp3) is 0.278. The van der Waals surface area contributed by atoms with Crippen molar-refractivity contribution in [2.45, 2.75) is 17.9 Å². The average molecular weight is 331 g/mol. The van der Waals surface area contributed by atoms with Crippen molar-refractivity contribution in [2.24, 2.45) is 0 Å². The molecule has 2 aromatic carbocycles. The Kier molecular flexibility index (Phi) is 6.81. The zero-order valence-corrected chi connectivity index (χ0v) is 14.1. The second kappa shape index (κ2) is 9.10. The molecule has 0 radical (unpaired) electrons. The quantitative estimate of drug-likeness (QED) is 0.595. The van der Waals surface area contributed by atoms with Gasteiger partial charge in [-0.1, -0.05) is 18.2 Å². The monoisotopic (exact) mass is 331 g/mol. The number of amides is 1. The van der Waals surface area contributed by atoms with Crippen LogP contribution in [0.3, 0.4) is 0 Å². The number of methoxy groups -OCH3 is 1. The van der Waals surface area contributed by atoms with Gasteiger partial charge in [-0.2, -0.15) is 0 Å². The highest BCUT2D eigenvalue weighted by molar-refractivity contribution is 7.99. The topological polar surface area (TPSA) is 47.6 Å². The molecule has 1 amide bonds. The number of hydrogen-bond donors (Lipinski definition) is 1. The van der Waals surface area contributed by atoms with Crippen molar-refractivity contribution in [1.82, 2.24) is 5.32 Å². The molecule has 4 nitrogen and oxygen atoms in total. The fourth-order valence-corrected chi connectivity index (χ4v) is 2.70. The first-order valence-corrected chi connectivity index (χ1v) is 8.44. The molecule has 1 atom stereocenters. The third kappa shape index (κ3) is 5.87. The largest absolute Gasteiger partial charge is 0.497 e. The first kappa shape index (κ1) is 17.2. The van der Waals surface area contributed by atoms with Gasteiger partial charge in [-0.15, -0.1) is 11.8 Å². The van der Waals surface area contributed by atoms with Crippen molar-refractivity contribution < 1.29 is 14.3 Å². The summed E-state index contributed by atoms with van der Waals surface area (Å²) in [6.07, 6.45) is -0.537. The van der Waals surface area contributed by atoms with Gasteiger partial charge in [-0.3, -0.25) is 4.79 Å². The fourth-order valence-electron chi connectivity index (χ4n) is 1.92. The Morgan fingerprint density at radius 1 is 1.09 bits per heavy atom. The van der Waals surface area contributed by atoms with Gasteiger partial charge in [-0.05, 0) is 43.3 Å². The lowest BCUT2D eigenvalue weighted by Gasteiger charge is -2.15. The smallest absolute Gasteiger partial charge is 0.260 e. The van der Waals surface area contributed by atoms with Crippen molar-refractivity contribution in [3.05, 3.63) is 54.6 Å². The minimum absolute atomic E-state index is 0.116. The molecule has 0 saturated carbocycles. The molecule has 0 heterocycles.